The first kappa shape index (κ1) is 10.8. The highest BCUT2D eigenvalue weighted by Crippen LogP contribution is 2.29. The van der Waals surface area contributed by atoms with E-state index in [1.807, 2.05) is 0 Å². The zero-order chi connectivity index (χ0) is 11.7. The summed E-state index contributed by atoms with van der Waals surface area (Å²) in [6, 6.07) is 15.9. The molecule has 3 rings (SSSR count). The highest BCUT2D eigenvalue weighted by molar-refractivity contribution is 5.86. The maximum atomic E-state index is 2.60. The molecule has 1 aliphatic heterocycles. The molecule has 0 spiro atoms. The number of fused-ring (bicyclic) bond motifs is 1. The molecule has 17 heavy (non-hydrogen) atoms. The molecule has 1 heteroatoms. The van der Waals surface area contributed by atoms with Crippen molar-refractivity contribution in [2.45, 2.75) is 25.8 Å². The fourth-order valence-corrected chi connectivity index (χ4v) is 2.94. The third-order valence-electron chi connectivity index (χ3n) is 3.96. The molecule has 2 aromatic carbocycles. The average molecular weight is 225 g/mol. The highest BCUT2D eigenvalue weighted by Gasteiger charge is 2.20. The van der Waals surface area contributed by atoms with E-state index >= 15 is 0 Å². The van der Waals surface area contributed by atoms with Crippen LogP contribution in [-0.4, -0.2) is 18.0 Å². The number of hydrogen-bond acceptors (Lipinski definition) is 1. The van der Waals surface area contributed by atoms with E-state index in [9.17, 15) is 0 Å². The van der Waals surface area contributed by atoms with Gasteiger partial charge in [0.05, 0.1) is 0 Å². The second kappa shape index (κ2) is 4.50. The van der Waals surface area contributed by atoms with Crippen molar-refractivity contribution in [3.05, 3.63) is 48.0 Å². The van der Waals surface area contributed by atoms with Gasteiger partial charge in [-0.1, -0.05) is 42.5 Å². The molecular formula is C16H19N. The molecule has 2 aromatic rings. The summed E-state index contributed by atoms with van der Waals surface area (Å²) >= 11 is 0. The second-order valence-corrected chi connectivity index (χ2v) is 4.99. The van der Waals surface area contributed by atoms with E-state index in [1.54, 1.807) is 0 Å². The van der Waals surface area contributed by atoms with Crippen LogP contribution in [0.4, 0.5) is 0 Å². The molecule has 1 aliphatic rings. The summed E-state index contributed by atoms with van der Waals surface area (Å²) < 4.78 is 0. The van der Waals surface area contributed by atoms with E-state index in [2.05, 4.69) is 54.3 Å². The van der Waals surface area contributed by atoms with Crippen LogP contribution in [0.5, 0.6) is 0 Å². The molecule has 1 nitrogen and oxygen atoms in total. The van der Waals surface area contributed by atoms with Gasteiger partial charge in [0.1, 0.15) is 0 Å². The largest absolute Gasteiger partial charge is 0.297 e. The molecule has 0 aromatic heterocycles. The predicted octanol–water partition coefficient (Wildman–Crippen LogP) is 4.00. The highest BCUT2D eigenvalue weighted by atomic mass is 15.2. The summed E-state index contributed by atoms with van der Waals surface area (Å²) in [5, 5.41) is 2.77. The minimum Gasteiger partial charge on any atom is -0.297 e. The van der Waals surface area contributed by atoms with Gasteiger partial charge in [-0.15, -0.1) is 0 Å². The normalized spacial score (nSPS) is 18.6. The van der Waals surface area contributed by atoms with Crippen LogP contribution in [0.1, 0.15) is 31.4 Å². The lowest BCUT2D eigenvalue weighted by atomic mass is 9.99. The Morgan fingerprint density at radius 1 is 0.941 bits per heavy atom. The molecule has 0 bridgehead atoms. The molecular weight excluding hydrogens is 206 g/mol. The molecule has 0 aliphatic carbocycles. The van der Waals surface area contributed by atoms with Crippen LogP contribution in [0.2, 0.25) is 0 Å². The zero-order valence-electron chi connectivity index (χ0n) is 10.4. The van der Waals surface area contributed by atoms with Crippen LogP contribution in [0.25, 0.3) is 10.8 Å². The fraction of sp³-hybridized carbons (Fsp3) is 0.375. The third kappa shape index (κ3) is 1.96. The quantitative estimate of drug-likeness (QED) is 0.746. The minimum absolute atomic E-state index is 0.545. The van der Waals surface area contributed by atoms with Crippen molar-refractivity contribution in [3.8, 4) is 0 Å². The van der Waals surface area contributed by atoms with Gasteiger partial charge < -0.3 is 0 Å². The summed E-state index contributed by atoms with van der Waals surface area (Å²) in [6.45, 7) is 4.85. The van der Waals surface area contributed by atoms with Crippen molar-refractivity contribution < 1.29 is 0 Å². The van der Waals surface area contributed by atoms with Crippen molar-refractivity contribution >= 4 is 10.8 Å². The van der Waals surface area contributed by atoms with Crippen LogP contribution in [-0.2, 0) is 0 Å². The van der Waals surface area contributed by atoms with Gasteiger partial charge in [0.25, 0.3) is 0 Å². The first-order chi connectivity index (χ1) is 8.36. The summed E-state index contributed by atoms with van der Waals surface area (Å²) in [7, 11) is 0. The van der Waals surface area contributed by atoms with Crippen LogP contribution in [0, 0.1) is 0 Å². The van der Waals surface area contributed by atoms with Gasteiger partial charge in [0.2, 0.25) is 0 Å². The summed E-state index contributed by atoms with van der Waals surface area (Å²) in [4.78, 5) is 2.60. The van der Waals surface area contributed by atoms with Gasteiger partial charge >= 0.3 is 0 Å². The standard InChI is InChI=1S/C16H19N/c1-13(17-11-4-5-12-17)15-10-6-8-14-7-2-3-9-16(14)15/h2-3,6-10,13H,4-5,11-12H2,1H3. The van der Waals surface area contributed by atoms with Crippen LogP contribution in [0.3, 0.4) is 0 Å². The lowest BCUT2D eigenvalue weighted by Gasteiger charge is -2.25. The van der Waals surface area contributed by atoms with Gasteiger partial charge in [-0.05, 0) is 49.2 Å². The Kier molecular flexibility index (Phi) is 2.86. The molecule has 88 valence electrons. The molecule has 1 saturated heterocycles. The first-order valence-corrected chi connectivity index (χ1v) is 6.58. The molecule has 1 atom stereocenters. The molecule has 1 heterocycles. The van der Waals surface area contributed by atoms with Gasteiger partial charge in [0, 0.05) is 6.04 Å². The molecule has 0 saturated carbocycles. The monoisotopic (exact) mass is 225 g/mol. The van der Waals surface area contributed by atoms with Crippen LogP contribution < -0.4 is 0 Å². The van der Waals surface area contributed by atoms with Crippen molar-refractivity contribution in [1.82, 2.24) is 4.90 Å². The van der Waals surface area contributed by atoms with Gasteiger partial charge in [-0.2, -0.15) is 0 Å². The average Bonchev–Trinajstić information content (AvgIpc) is 2.91. The number of nitrogens with zero attached hydrogens (tertiary/aromatic N) is 1. The SMILES string of the molecule is CC(c1cccc2ccccc12)N1CCCC1. The first-order valence-electron chi connectivity index (χ1n) is 6.58. The van der Waals surface area contributed by atoms with Crippen molar-refractivity contribution in [3.63, 3.8) is 0 Å². The Morgan fingerprint density at radius 2 is 1.65 bits per heavy atom. The van der Waals surface area contributed by atoms with Crippen LogP contribution in [0.15, 0.2) is 42.5 Å². The predicted molar refractivity (Wildman–Crippen MR) is 73.2 cm³/mol. The minimum atomic E-state index is 0.545. The second-order valence-electron chi connectivity index (χ2n) is 4.99. The number of likely N-dealkylation sites (tertiary alicyclic amines) is 1. The number of benzene rings is 2. The van der Waals surface area contributed by atoms with E-state index in [1.165, 1.54) is 42.3 Å². The Bertz CT molecular complexity index is 506. The Balaban J connectivity index is 2.04. The fourth-order valence-electron chi connectivity index (χ4n) is 2.94. The Labute approximate surface area is 103 Å². The van der Waals surface area contributed by atoms with Crippen LogP contribution >= 0.6 is 0 Å². The summed E-state index contributed by atoms with van der Waals surface area (Å²) in [5.41, 5.74) is 1.48. The smallest absolute Gasteiger partial charge is 0.0326 e. The molecule has 1 fully saturated rings. The number of hydrogen-bond donors (Lipinski definition) is 0. The molecule has 1 unspecified atom stereocenters. The van der Waals surface area contributed by atoms with Crippen molar-refractivity contribution in [2.75, 3.05) is 13.1 Å². The van der Waals surface area contributed by atoms with E-state index in [0.29, 0.717) is 6.04 Å². The summed E-state index contributed by atoms with van der Waals surface area (Å²) in [5.74, 6) is 0. The van der Waals surface area contributed by atoms with Gasteiger partial charge in [-0.3, -0.25) is 4.90 Å². The van der Waals surface area contributed by atoms with E-state index in [0.717, 1.165) is 0 Å². The lowest BCUT2D eigenvalue weighted by molar-refractivity contribution is 0.264. The maximum Gasteiger partial charge on any atom is 0.0326 e. The third-order valence-corrected chi connectivity index (χ3v) is 3.96. The summed E-state index contributed by atoms with van der Waals surface area (Å²) in [6.07, 6.45) is 2.71. The van der Waals surface area contributed by atoms with E-state index in [4.69, 9.17) is 0 Å². The topological polar surface area (TPSA) is 3.24 Å². The van der Waals surface area contributed by atoms with Crippen molar-refractivity contribution in [1.29, 1.82) is 0 Å². The lowest BCUT2D eigenvalue weighted by Crippen LogP contribution is -2.23. The maximum absolute atomic E-state index is 2.60. The Hall–Kier alpha value is -1.34. The van der Waals surface area contributed by atoms with Gasteiger partial charge in [0.15, 0.2) is 0 Å². The van der Waals surface area contributed by atoms with E-state index < -0.39 is 0 Å². The molecule has 0 radical (unpaired) electrons. The zero-order valence-corrected chi connectivity index (χ0v) is 10.4. The van der Waals surface area contributed by atoms with Gasteiger partial charge in [-0.25, -0.2) is 0 Å². The molecule has 0 N–H and O–H groups in total. The van der Waals surface area contributed by atoms with E-state index in [-0.39, 0.29) is 0 Å². The number of rotatable bonds is 2. The Morgan fingerprint density at radius 3 is 2.47 bits per heavy atom. The molecule has 0 amide bonds. The van der Waals surface area contributed by atoms with Crippen molar-refractivity contribution in [2.24, 2.45) is 0 Å².